The number of hydrogen-bond acceptors (Lipinski definition) is 0. The van der Waals surface area contributed by atoms with Gasteiger partial charge in [0.05, 0.1) is 0 Å². The first-order chi connectivity index (χ1) is 18.8. The minimum Gasteiger partial charge on any atom is -0.0696 e. The Bertz CT molecular complexity index is 1120. The van der Waals surface area contributed by atoms with Crippen LogP contribution in [0.15, 0.2) is 130 Å². The molecule has 0 heterocycles. The van der Waals surface area contributed by atoms with E-state index in [4.69, 9.17) is 0 Å². The standard InChI is InChI=1S/C40H56/c1-31(19-13-21-33(3)25-27-37-35(5)23-15-29-39(37,7)8)17-11-12-18-32(2)20-14-22-34(4)26-28-38-36(6)24-16-30-40(38,9)10/h11-14,17-22,25-28H,15-16,23-24,29-30H2,1-10H3/b12-11?,19-13+,20-14?,27-25+,28-26?,31-17?,32-18?,33-21+,34-22?. The van der Waals surface area contributed by atoms with Gasteiger partial charge in [-0.05, 0) is 102 Å². The van der Waals surface area contributed by atoms with Crippen molar-refractivity contribution in [2.24, 2.45) is 10.8 Å². The molecule has 2 aliphatic carbocycles. The van der Waals surface area contributed by atoms with E-state index in [0.717, 1.165) is 0 Å². The third kappa shape index (κ3) is 11.3. The van der Waals surface area contributed by atoms with E-state index in [1.54, 1.807) is 11.1 Å². The van der Waals surface area contributed by atoms with Gasteiger partial charge in [-0.15, -0.1) is 0 Å². The zero-order chi connectivity index (χ0) is 29.8. The predicted octanol–water partition coefficient (Wildman–Crippen LogP) is 12.6. The highest BCUT2D eigenvalue weighted by Crippen LogP contribution is 2.41. The van der Waals surface area contributed by atoms with Crippen molar-refractivity contribution >= 4 is 0 Å². The smallest absolute Gasteiger partial charge is 0.0104 e. The van der Waals surface area contributed by atoms with Crippen molar-refractivity contribution < 1.29 is 0 Å². The second-order valence-corrected chi connectivity index (χ2v) is 13.3. The van der Waals surface area contributed by atoms with E-state index in [1.807, 2.05) is 0 Å². The Morgan fingerprint density at radius 2 is 0.825 bits per heavy atom. The van der Waals surface area contributed by atoms with Crippen LogP contribution in [0.5, 0.6) is 0 Å². The molecule has 0 atom stereocenters. The van der Waals surface area contributed by atoms with Crippen molar-refractivity contribution in [3.63, 3.8) is 0 Å². The summed E-state index contributed by atoms with van der Waals surface area (Å²) in [6.07, 6.45) is 38.4. The van der Waals surface area contributed by atoms with Crippen LogP contribution in [0.4, 0.5) is 0 Å². The first-order valence-corrected chi connectivity index (χ1v) is 15.3. The third-order valence-electron chi connectivity index (χ3n) is 8.38. The average Bonchev–Trinajstić information content (AvgIpc) is 2.85. The summed E-state index contributed by atoms with van der Waals surface area (Å²) in [6, 6.07) is 0. The molecule has 0 amide bonds. The maximum absolute atomic E-state index is 2.37. The normalized spacial score (nSPS) is 21.9. The first kappa shape index (κ1) is 33.3. The minimum absolute atomic E-state index is 0.291. The van der Waals surface area contributed by atoms with Crippen LogP contribution >= 0.6 is 0 Å². The van der Waals surface area contributed by atoms with Crippen LogP contribution < -0.4 is 0 Å². The number of rotatable bonds is 10. The molecule has 0 N–H and O–H groups in total. The molecule has 0 nitrogen and oxygen atoms in total. The van der Waals surface area contributed by atoms with Crippen LogP contribution in [-0.4, -0.2) is 0 Å². The van der Waals surface area contributed by atoms with Gasteiger partial charge in [-0.2, -0.15) is 0 Å². The number of allylic oxidation sites excluding steroid dienone is 22. The molecule has 0 bridgehead atoms. The van der Waals surface area contributed by atoms with Gasteiger partial charge >= 0.3 is 0 Å². The van der Waals surface area contributed by atoms with Crippen LogP contribution in [-0.2, 0) is 0 Å². The van der Waals surface area contributed by atoms with Gasteiger partial charge in [0, 0.05) is 0 Å². The highest BCUT2D eigenvalue weighted by atomic mass is 14.3. The molecule has 0 aromatic heterocycles. The van der Waals surface area contributed by atoms with Crippen LogP contribution in [0.25, 0.3) is 0 Å². The molecule has 0 unspecified atom stereocenters. The molecule has 0 fully saturated rings. The fourth-order valence-corrected chi connectivity index (χ4v) is 5.79. The SMILES string of the molecule is CC(C=CC=C(C)C=CC1=C(C)CCCC1(C)C)=CC=CC=C(C)/C=C/C=C(C)/C=C/C1=C(C)CCCC1(C)C. The van der Waals surface area contributed by atoms with Crippen molar-refractivity contribution in [2.45, 2.75) is 108 Å². The Balaban J connectivity index is 1.89. The topological polar surface area (TPSA) is 0 Å². The molecule has 216 valence electrons. The number of hydrogen-bond donors (Lipinski definition) is 0. The van der Waals surface area contributed by atoms with Gasteiger partial charge in [0.15, 0.2) is 0 Å². The average molecular weight is 537 g/mol. The largest absolute Gasteiger partial charge is 0.0696 e. The van der Waals surface area contributed by atoms with Gasteiger partial charge < -0.3 is 0 Å². The summed E-state index contributed by atoms with van der Waals surface area (Å²) in [7, 11) is 0. The van der Waals surface area contributed by atoms with Crippen LogP contribution in [0.1, 0.15) is 108 Å². The molecule has 0 aliphatic heterocycles. The lowest BCUT2D eigenvalue weighted by atomic mass is 9.72. The van der Waals surface area contributed by atoms with Gasteiger partial charge in [0.1, 0.15) is 0 Å². The first-order valence-electron chi connectivity index (χ1n) is 15.3. The van der Waals surface area contributed by atoms with E-state index >= 15 is 0 Å². The maximum Gasteiger partial charge on any atom is -0.0104 e. The summed E-state index contributed by atoms with van der Waals surface area (Å²) >= 11 is 0. The molecular formula is C40H56. The van der Waals surface area contributed by atoms with E-state index in [2.05, 4.69) is 154 Å². The van der Waals surface area contributed by atoms with Crippen LogP contribution in [0, 0.1) is 10.8 Å². The Morgan fingerprint density at radius 3 is 1.18 bits per heavy atom. The van der Waals surface area contributed by atoms with Crippen molar-refractivity contribution in [3.05, 3.63) is 130 Å². The lowest BCUT2D eigenvalue weighted by Gasteiger charge is -2.33. The molecule has 2 rings (SSSR count). The second kappa shape index (κ2) is 15.8. The monoisotopic (exact) mass is 536 g/mol. The summed E-state index contributed by atoms with van der Waals surface area (Å²) < 4.78 is 0. The molecule has 0 spiro atoms. The Labute approximate surface area is 247 Å². The molecule has 40 heavy (non-hydrogen) atoms. The van der Waals surface area contributed by atoms with Gasteiger partial charge in [-0.1, -0.05) is 146 Å². The van der Waals surface area contributed by atoms with E-state index in [0.29, 0.717) is 10.8 Å². The van der Waals surface area contributed by atoms with Crippen LogP contribution in [0.2, 0.25) is 0 Å². The zero-order valence-corrected chi connectivity index (χ0v) is 27.3. The highest BCUT2D eigenvalue weighted by molar-refractivity contribution is 5.39. The van der Waals surface area contributed by atoms with Crippen molar-refractivity contribution in [1.82, 2.24) is 0 Å². The Kier molecular flexibility index (Phi) is 13.2. The second-order valence-electron chi connectivity index (χ2n) is 13.3. The van der Waals surface area contributed by atoms with E-state index in [1.165, 1.54) is 72.0 Å². The van der Waals surface area contributed by atoms with Crippen molar-refractivity contribution in [3.8, 4) is 0 Å². The Morgan fingerprint density at radius 1 is 0.500 bits per heavy atom. The maximum atomic E-state index is 2.37. The third-order valence-corrected chi connectivity index (χ3v) is 8.38. The zero-order valence-electron chi connectivity index (χ0n) is 27.3. The molecule has 0 saturated heterocycles. The van der Waals surface area contributed by atoms with Gasteiger partial charge in [0.2, 0.25) is 0 Å². The summed E-state index contributed by atoms with van der Waals surface area (Å²) in [6.45, 7) is 22.7. The molecular weight excluding hydrogens is 480 g/mol. The molecule has 0 aromatic rings. The summed E-state index contributed by atoms with van der Waals surface area (Å²) in [5.41, 5.74) is 11.7. The van der Waals surface area contributed by atoms with Crippen molar-refractivity contribution in [1.29, 1.82) is 0 Å². The lowest BCUT2D eigenvalue weighted by molar-refractivity contribution is 0.376. The van der Waals surface area contributed by atoms with Crippen LogP contribution in [0.3, 0.4) is 0 Å². The Hall–Kier alpha value is -2.86. The van der Waals surface area contributed by atoms with Gasteiger partial charge in [-0.3, -0.25) is 0 Å². The lowest BCUT2D eigenvalue weighted by Crippen LogP contribution is -2.19. The summed E-state index contributed by atoms with van der Waals surface area (Å²) in [5.74, 6) is 0. The van der Waals surface area contributed by atoms with E-state index in [-0.39, 0.29) is 0 Å². The van der Waals surface area contributed by atoms with E-state index < -0.39 is 0 Å². The minimum atomic E-state index is 0.291. The summed E-state index contributed by atoms with van der Waals surface area (Å²) in [4.78, 5) is 0. The fourth-order valence-electron chi connectivity index (χ4n) is 5.79. The van der Waals surface area contributed by atoms with Gasteiger partial charge in [0.25, 0.3) is 0 Å². The van der Waals surface area contributed by atoms with Gasteiger partial charge in [-0.25, -0.2) is 0 Å². The molecule has 0 saturated carbocycles. The predicted molar refractivity (Wildman–Crippen MR) is 181 cm³/mol. The van der Waals surface area contributed by atoms with Crippen molar-refractivity contribution in [2.75, 3.05) is 0 Å². The van der Waals surface area contributed by atoms with E-state index in [9.17, 15) is 0 Å². The molecule has 0 heteroatoms. The molecule has 2 aliphatic rings. The quantitative estimate of drug-likeness (QED) is 0.244. The summed E-state index contributed by atoms with van der Waals surface area (Å²) in [5, 5.41) is 0. The highest BCUT2D eigenvalue weighted by Gasteiger charge is 2.27. The molecule has 0 aromatic carbocycles. The molecule has 0 radical (unpaired) electrons. The fraction of sp³-hybridized carbons (Fsp3) is 0.450.